The van der Waals surface area contributed by atoms with Crippen LogP contribution in [0.5, 0.6) is 17.2 Å². The van der Waals surface area contributed by atoms with E-state index >= 15 is 0 Å². The molecule has 4 rings (SSSR count). The summed E-state index contributed by atoms with van der Waals surface area (Å²) in [4.78, 5) is 7.74. The molecule has 5 nitrogen and oxygen atoms in total. The van der Waals surface area contributed by atoms with Crippen LogP contribution in [0.1, 0.15) is 4.88 Å². The van der Waals surface area contributed by atoms with Crippen molar-refractivity contribution in [3.63, 3.8) is 0 Å². The number of rotatable bonds is 4. The summed E-state index contributed by atoms with van der Waals surface area (Å²) < 4.78 is 16.6. The van der Waals surface area contributed by atoms with Gasteiger partial charge < -0.3 is 14.2 Å². The van der Waals surface area contributed by atoms with Crippen LogP contribution in [0.3, 0.4) is 0 Å². The summed E-state index contributed by atoms with van der Waals surface area (Å²) >= 11 is 1.70. The van der Waals surface area contributed by atoms with Crippen molar-refractivity contribution in [3.8, 4) is 17.2 Å². The second-order valence-electron chi connectivity index (χ2n) is 4.92. The first-order valence-corrected chi connectivity index (χ1v) is 7.41. The van der Waals surface area contributed by atoms with Gasteiger partial charge in [0.2, 0.25) is 6.79 Å². The van der Waals surface area contributed by atoms with E-state index in [2.05, 4.69) is 9.88 Å². The topological polar surface area (TPSA) is 43.8 Å². The summed E-state index contributed by atoms with van der Waals surface area (Å²) in [6.45, 7) is 3.16. The second kappa shape index (κ2) is 4.96. The predicted molar refractivity (Wildman–Crippen MR) is 74.4 cm³/mol. The number of benzene rings is 1. The van der Waals surface area contributed by atoms with Crippen molar-refractivity contribution in [3.05, 3.63) is 34.8 Å². The zero-order chi connectivity index (χ0) is 13.4. The zero-order valence-corrected chi connectivity index (χ0v) is 11.6. The van der Waals surface area contributed by atoms with Crippen molar-refractivity contribution in [2.75, 3.05) is 19.9 Å². The first-order chi connectivity index (χ1) is 9.87. The van der Waals surface area contributed by atoms with E-state index in [4.69, 9.17) is 14.2 Å². The Balaban J connectivity index is 1.31. The fourth-order valence-corrected chi connectivity index (χ4v) is 3.05. The molecule has 1 aromatic carbocycles. The van der Waals surface area contributed by atoms with Gasteiger partial charge in [-0.2, -0.15) is 0 Å². The van der Waals surface area contributed by atoms with Crippen LogP contribution < -0.4 is 14.2 Å². The summed E-state index contributed by atoms with van der Waals surface area (Å²) in [5, 5.41) is 0. The molecule has 2 aliphatic rings. The first-order valence-electron chi connectivity index (χ1n) is 6.53. The summed E-state index contributed by atoms with van der Waals surface area (Å²) in [5.41, 5.74) is 1.87. The number of hydrogen-bond acceptors (Lipinski definition) is 6. The van der Waals surface area contributed by atoms with Crippen LogP contribution in [0.4, 0.5) is 0 Å². The van der Waals surface area contributed by atoms with Crippen molar-refractivity contribution < 1.29 is 14.2 Å². The number of nitrogens with zero attached hydrogens (tertiary/aromatic N) is 2. The standard InChI is InChI=1S/C14H14N2O3S/c1-2-13-14(18-9-17-13)3-10(1)19-11-5-16(6-11)7-12-4-15-8-20-12/h1-4,8,11H,5-7,9H2. The number of ether oxygens (including phenoxy) is 3. The van der Waals surface area contributed by atoms with Gasteiger partial charge in [0.15, 0.2) is 11.5 Å². The fraction of sp³-hybridized carbons (Fsp3) is 0.357. The van der Waals surface area contributed by atoms with Crippen LogP contribution in [0, 0.1) is 0 Å². The van der Waals surface area contributed by atoms with Gasteiger partial charge >= 0.3 is 0 Å². The van der Waals surface area contributed by atoms with Gasteiger partial charge in [0.05, 0.1) is 5.51 Å². The Morgan fingerprint density at radius 3 is 3.05 bits per heavy atom. The van der Waals surface area contributed by atoms with Gasteiger partial charge in [0, 0.05) is 36.8 Å². The molecule has 2 aromatic rings. The monoisotopic (exact) mass is 290 g/mol. The number of fused-ring (bicyclic) bond motifs is 1. The smallest absolute Gasteiger partial charge is 0.231 e. The van der Waals surface area contributed by atoms with E-state index in [9.17, 15) is 0 Å². The molecular weight excluding hydrogens is 276 g/mol. The number of likely N-dealkylation sites (tertiary alicyclic amines) is 1. The van der Waals surface area contributed by atoms with Crippen LogP contribution >= 0.6 is 11.3 Å². The van der Waals surface area contributed by atoms with Crippen molar-refractivity contribution in [1.29, 1.82) is 0 Å². The van der Waals surface area contributed by atoms with Crippen molar-refractivity contribution in [1.82, 2.24) is 9.88 Å². The minimum atomic E-state index is 0.253. The van der Waals surface area contributed by atoms with E-state index in [1.165, 1.54) is 4.88 Å². The van der Waals surface area contributed by atoms with Gasteiger partial charge in [-0.15, -0.1) is 11.3 Å². The van der Waals surface area contributed by atoms with Crippen LogP contribution in [0.25, 0.3) is 0 Å². The zero-order valence-electron chi connectivity index (χ0n) is 10.8. The molecule has 0 aliphatic carbocycles. The molecule has 0 spiro atoms. The molecule has 3 heterocycles. The molecule has 0 atom stereocenters. The molecule has 2 aliphatic heterocycles. The maximum absolute atomic E-state index is 5.94. The molecule has 0 N–H and O–H groups in total. The molecule has 6 heteroatoms. The van der Waals surface area contributed by atoms with Crippen LogP contribution in [0.2, 0.25) is 0 Å². The lowest BCUT2D eigenvalue weighted by atomic mass is 10.1. The van der Waals surface area contributed by atoms with Gasteiger partial charge in [0.1, 0.15) is 11.9 Å². The minimum absolute atomic E-state index is 0.253. The van der Waals surface area contributed by atoms with Crippen molar-refractivity contribution in [2.45, 2.75) is 12.6 Å². The highest BCUT2D eigenvalue weighted by Crippen LogP contribution is 2.35. The third-order valence-corrected chi connectivity index (χ3v) is 4.20. The third kappa shape index (κ3) is 2.32. The average Bonchev–Trinajstić information content (AvgIpc) is 3.06. The summed E-state index contributed by atoms with van der Waals surface area (Å²) in [5.74, 6) is 2.40. The normalized spacial score (nSPS) is 18.0. The van der Waals surface area contributed by atoms with Crippen LogP contribution in [-0.2, 0) is 6.54 Å². The van der Waals surface area contributed by atoms with E-state index in [-0.39, 0.29) is 6.10 Å². The number of aromatic nitrogens is 1. The maximum atomic E-state index is 5.94. The molecule has 0 saturated carbocycles. The third-order valence-electron chi connectivity index (χ3n) is 3.43. The molecule has 104 valence electrons. The number of thiazole rings is 1. The van der Waals surface area contributed by atoms with E-state index in [1.54, 1.807) is 11.3 Å². The predicted octanol–water partition coefficient (Wildman–Crippen LogP) is 2.13. The molecule has 1 aromatic heterocycles. The molecule has 1 saturated heterocycles. The molecule has 1 fully saturated rings. The van der Waals surface area contributed by atoms with Gasteiger partial charge in [0.25, 0.3) is 0 Å². The Morgan fingerprint density at radius 1 is 1.30 bits per heavy atom. The fourth-order valence-electron chi connectivity index (χ4n) is 2.41. The van der Waals surface area contributed by atoms with E-state index in [0.717, 1.165) is 36.9 Å². The summed E-state index contributed by atoms with van der Waals surface area (Å²) in [7, 11) is 0. The van der Waals surface area contributed by atoms with Gasteiger partial charge in [-0.25, -0.2) is 0 Å². The first kappa shape index (κ1) is 12.0. The second-order valence-corrected chi connectivity index (χ2v) is 5.89. The van der Waals surface area contributed by atoms with Gasteiger partial charge in [-0.1, -0.05) is 0 Å². The van der Waals surface area contributed by atoms with Crippen molar-refractivity contribution in [2.24, 2.45) is 0 Å². The average molecular weight is 290 g/mol. The highest BCUT2D eigenvalue weighted by molar-refractivity contribution is 7.09. The molecule has 0 amide bonds. The molecule has 0 unspecified atom stereocenters. The molecule has 0 bridgehead atoms. The molecule has 0 radical (unpaired) electrons. The molecular formula is C14H14N2O3S. The maximum Gasteiger partial charge on any atom is 0.231 e. The van der Waals surface area contributed by atoms with E-state index in [1.807, 2.05) is 29.9 Å². The van der Waals surface area contributed by atoms with Crippen LogP contribution in [-0.4, -0.2) is 35.9 Å². The Morgan fingerprint density at radius 2 is 2.20 bits per heavy atom. The highest BCUT2D eigenvalue weighted by Gasteiger charge is 2.29. The lowest BCUT2D eigenvalue weighted by molar-refractivity contribution is 0.0151. The lowest BCUT2D eigenvalue weighted by Crippen LogP contribution is -2.52. The van der Waals surface area contributed by atoms with E-state index in [0.29, 0.717) is 6.79 Å². The Labute approximate surface area is 120 Å². The summed E-state index contributed by atoms with van der Waals surface area (Å²) in [6.07, 6.45) is 2.18. The highest BCUT2D eigenvalue weighted by atomic mass is 32.1. The Kier molecular flexibility index (Phi) is 2.97. The quantitative estimate of drug-likeness (QED) is 0.863. The van der Waals surface area contributed by atoms with Crippen molar-refractivity contribution >= 4 is 11.3 Å². The number of hydrogen-bond donors (Lipinski definition) is 0. The van der Waals surface area contributed by atoms with Gasteiger partial charge in [-0.3, -0.25) is 9.88 Å². The molecule has 20 heavy (non-hydrogen) atoms. The largest absolute Gasteiger partial charge is 0.488 e. The van der Waals surface area contributed by atoms with E-state index < -0.39 is 0 Å². The van der Waals surface area contributed by atoms with Crippen LogP contribution in [0.15, 0.2) is 29.9 Å². The minimum Gasteiger partial charge on any atom is -0.488 e. The Hall–Kier alpha value is -1.79. The summed E-state index contributed by atoms with van der Waals surface area (Å²) in [6, 6.07) is 5.72. The van der Waals surface area contributed by atoms with Gasteiger partial charge in [-0.05, 0) is 12.1 Å². The SMILES string of the molecule is c1ncc(CN2CC(Oc3ccc4c(c3)OCO4)C2)s1. The Bertz CT molecular complexity index is 596. The lowest BCUT2D eigenvalue weighted by Gasteiger charge is -2.38.